The van der Waals surface area contributed by atoms with Gasteiger partial charge in [0.05, 0.1) is 6.61 Å². The summed E-state index contributed by atoms with van der Waals surface area (Å²) >= 11 is 0. The van der Waals surface area contributed by atoms with E-state index >= 15 is 0 Å². The van der Waals surface area contributed by atoms with Gasteiger partial charge in [0.15, 0.2) is 0 Å². The lowest BCUT2D eigenvalue weighted by atomic mass is 9.98. The number of carbonyl (C=O) groups is 1. The molecule has 0 N–H and O–H groups in total. The van der Waals surface area contributed by atoms with Crippen molar-refractivity contribution in [2.75, 3.05) is 6.61 Å². The van der Waals surface area contributed by atoms with Gasteiger partial charge in [0.25, 0.3) is 0 Å². The summed E-state index contributed by atoms with van der Waals surface area (Å²) in [5.41, 5.74) is 2.88. The fraction of sp³-hybridized carbons (Fsp3) is 0.174. The standard InChI is InChI=1S/C23H23NO3/c1-2-26-23(25)24(27-18-19-12-6-3-7-13-19)22(20-14-8-4-9-15-20)21-16-10-5-11-17-21/h3-17,22H,2,18H2,1H3. The van der Waals surface area contributed by atoms with E-state index in [1.165, 1.54) is 5.06 Å². The largest absolute Gasteiger partial charge is 0.448 e. The first-order valence-corrected chi connectivity index (χ1v) is 9.02. The topological polar surface area (TPSA) is 38.8 Å². The lowest BCUT2D eigenvalue weighted by molar-refractivity contribution is -0.164. The Balaban J connectivity index is 1.95. The van der Waals surface area contributed by atoms with Crippen molar-refractivity contribution in [1.29, 1.82) is 0 Å². The summed E-state index contributed by atoms with van der Waals surface area (Å²) in [6.45, 7) is 2.34. The molecule has 0 heterocycles. The first-order chi connectivity index (χ1) is 13.3. The first-order valence-electron chi connectivity index (χ1n) is 9.02. The Bertz CT molecular complexity index is 783. The second-order valence-corrected chi connectivity index (χ2v) is 6.01. The molecule has 0 bridgehead atoms. The maximum Gasteiger partial charge on any atom is 0.434 e. The number of nitrogens with zero attached hydrogens (tertiary/aromatic N) is 1. The van der Waals surface area contributed by atoms with Crippen LogP contribution in [-0.4, -0.2) is 17.8 Å². The van der Waals surface area contributed by atoms with E-state index in [-0.39, 0.29) is 13.2 Å². The van der Waals surface area contributed by atoms with Crippen LogP contribution in [0.2, 0.25) is 0 Å². The first kappa shape index (κ1) is 18.7. The fourth-order valence-electron chi connectivity index (χ4n) is 2.87. The van der Waals surface area contributed by atoms with Gasteiger partial charge in [0.2, 0.25) is 0 Å². The molecule has 0 saturated heterocycles. The van der Waals surface area contributed by atoms with Crippen molar-refractivity contribution in [3.8, 4) is 0 Å². The number of hydrogen-bond donors (Lipinski definition) is 0. The third-order valence-corrected chi connectivity index (χ3v) is 4.13. The van der Waals surface area contributed by atoms with E-state index in [0.29, 0.717) is 0 Å². The number of rotatable bonds is 7. The van der Waals surface area contributed by atoms with Crippen molar-refractivity contribution in [3.05, 3.63) is 108 Å². The van der Waals surface area contributed by atoms with Gasteiger partial charge in [0, 0.05) is 0 Å². The number of carbonyl (C=O) groups excluding carboxylic acids is 1. The molecule has 0 atom stereocenters. The van der Waals surface area contributed by atoms with Crippen LogP contribution in [0, 0.1) is 0 Å². The average molecular weight is 361 g/mol. The van der Waals surface area contributed by atoms with E-state index < -0.39 is 12.1 Å². The van der Waals surface area contributed by atoms with Gasteiger partial charge in [-0.2, -0.15) is 5.06 Å². The zero-order chi connectivity index (χ0) is 18.9. The number of hydroxylamine groups is 2. The maximum absolute atomic E-state index is 12.7. The quantitative estimate of drug-likeness (QED) is 0.531. The number of benzene rings is 3. The predicted molar refractivity (Wildman–Crippen MR) is 105 cm³/mol. The maximum atomic E-state index is 12.7. The van der Waals surface area contributed by atoms with Gasteiger partial charge in [-0.15, -0.1) is 0 Å². The molecule has 0 radical (unpaired) electrons. The molecule has 0 aliphatic heterocycles. The van der Waals surface area contributed by atoms with Crippen LogP contribution >= 0.6 is 0 Å². The van der Waals surface area contributed by atoms with Crippen LogP contribution < -0.4 is 0 Å². The molecule has 4 heteroatoms. The van der Waals surface area contributed by atoms with E-state index in [4.69, 9.17) is 9.57 Å². The molecule has 0 aliphatic carbocycles. The van der Waals surface area contributed by atoms with Crippen molar-refractivity contribution in [3.63, 3.8) is 0 Å². The molecule has 4 nitrogen and oxygen atoms in total. The Morgan fingerprint density at radius 3 is 1.78 bits per heavy atom. The summed E-state index contributed by atoms with van der Waals surface area (Å²) in [7, 11) is 0. The molecule has 3 aromatic rings. The third-order valence-electron chi connectivity index (χ3n) is 4.13. The van der Waals surface area contributed by atoms with Gasteiger partial charge in [0.1, 0.15) is 12.6 Å². The Morgan fingerprint density at radius 2 is 1.30 bits per heavy atom. The lowest BCUT2D eigenvalue weighted by Gasteiger charge is -2.30. The zero-order valence-corrected chi connectivity index (χ0v) is 15.3. The van der Waals surface area contributed by atoms with Crippen molar-refractivity contribution < 1.29 is 14.4 Å². The number of hydrogen-bond acceptors (Lipinski definition) is 3. The van der Waals surface area contributed by atoms with Crippen LogP contribution in [0.4, 0.5) is 4.79 Å². The minimum atomic E-state index is -0.508. The summed E-state index contributed by atoms with van der Waals surface area (Å²) in [6.07, 6.45) is -0.508. The molecule has 3 aromatic carbocycles. The Labute approximate surface area is 159 Å². The molecule has 138 valence electrons. The molecule has 0 unspecified atom stereocenters. The second kappa shape index (κ2) is 9.55. The van der Waals surface area contributed by atoms with Crippen molar-refractivity contribution in [2.24, 2.45) is 0 Å². The van der Waals surface area contributed by atoms with Crippen molar-refractivity contribution in [2.45, 2.75) is 19.6 Å². The molecule has 27 heavy (non-hydrogen) atoms. The summed E-state index contributed by atoms with van der Waals surface area (Å²) in [5, 5.41) is 1.33. The van der Waals surface area contributed by atoms with E-state index in [1.54, 1.807) is 6.92 Å². The molecule has 0 aromatic heterocycles. The molecule has 0 aliphatic rings. The highest BCUT2D eigenvalue weighted by atomic mass is 16.7. The minimum absolute atomic E-state index is 0.274. The van der Waals surface area contributed by atoms with Crippen LogP contribution in [0.5, 0.6) is 0 Å². The lowest BCUT2D eigenvalue weighted by Crippen LogP contribution is -2.36. The van der Waals surface area contributed by atoms with Crippen molar-refractivity contribution in [1.82, 2.24) is 5.06 Å². The van der Waals surface area contributed by atoms with Gasteiger partial charge in [-0.25, -0.2) is 4.79 Å². The molecule has 0 spiro atoms. The van der Waals surface area contributed by atoms with Crippen LogP contribution in [0.25, 0.3) is 0 Å². The Morgan fingerprint density at radius 1 is 0.815 bits per heavy atom. The van der Waals surface area contributed by atoms with Gasteiger partial charge in [-0.3, -0.25) is 4.84 Å². The number of ether oxygens (including phenoxy) is 1. The molecule has 3 rings (SSSR count). The molecule has 1 amide bonds. The van der Waals surface area contributed by atoms with Gasteiger partial charge in [-0.05, 0) is 23.6 Å². The SMILES string of the molecule is CCOC(=O)N(OCc1ccccc1)C(c1ccccc1)c1ccccc1. The van der Waals surface area contributed by atoms with Gasteiger partial charge >= 0.3 is 6.09 Å². The summed E-state index contributed by atoms with van der Waals surface area (Å²) in [5.74, 6) is 0. The van der Waals surface area contributed by atoms with Crippen LogP contribution in [0.15, 0.2) is 91.0 Å². The smallest absolute Gasteiger partial charge is 0.434 e. The predicted octanol–water partition coefficient (Wildman–Crippen LogP) is 5.37. The molecular formula is C23H23NO3. The van der Waals surface area contributed by atoms with Gasteiger partial charge in [-0.1, -0.05) is 91.0 Å². The molecular weight excluding hydrogens is 338 g/mol. The summed E-state index contributed by atoms with van der Waals surface area (Å²) in [4.78, 5) is 18.7. The second-order valence-electron chi connectivity index (χ2n) is 6.01. The highest BCUT2D eigenvalue weighted by Crippen LogP contribution is 2.30. The van der Waals surface area contributed by atoms with Gasteiger partial charge < -0.3 is 4.74 Å². The van der Waals surface area contributed by atoms with E-state index in [1.807, 2.05) is 91.0 Å². The van der Waals surface area contributed by atoms with Crippen LogP contribution in [-0.2, 0) is 16.2 Å². The highest BCUT2D eigenvalue weighted by molar-refractivity contribution is 5.68. The van der Waals surface area contributed by atoms with E-state index in [9.17, 15) is 4.79 Å². The van der Waals surface area contributed by atoms with E-state index in [0.717, 1.165) is 16.7 Å². The normalized spacial score (nSPS) is 10.6. The molecule has 0 fully saturated rings. The summed E-state index contributed by atoms with van der Waals surface area (Å²) in [6, 6.07) is 29.0. The monoisotopic (exact) mass is 361 g/mol. The molecule has 0 saturated carbocycles. The highest BCUT2D eigenvalue weighted by Gasteiger charge is 2.29. The Kier molecular flexibility index (Phi) is 6.61. The number of amides is 1. The zero-order valence-electron chi connectivity index (χ0n) is 15.3. The van der Waals surface area contributed by atoms with E-state index in [2.05, 4.69) is 0 Å². The Hall–Kier alpha value is -3.11. The third kappa shape index (κ3) is 4.96. The fourth-order valence-corrected chi connectivity index (χ4v) is 2.87. The van der Waals surface area contributed by atoms with Crippen LogP contribution in [0.3, 0.4) is 0 Å². The van der Waals surface area contributed by atoms with Crippen LogP contribution in [0.1, 0.15) is 29.7 Å². The average Bonchev–Trinajstić information content (AvgIpc) is 2.73. The minimum Gasteiger partial charge on any atom is -0.448 e. The van der Waals surface area contributed by atoms with Crippen molar-refractivity contribution >= 4 is 6.09 Å². The summed E-state index contributed by atoms with van der Waals surface area (Å²) < 4.78 is 5.28.